The fourth-order valence-corrected chi connectivity index (χ4v) is 2.68. The van der Waals surface area contributed by atoms with Crippen molar-refractivity contribution in [1.82, 2.24) is 0 Å². The van der Waals surface area contributed by atoms with Gasteiger partial charge in [0.05, 0.1) is 19.8 Å². The van der Waals surface area contributed by atoms with Crippen molar-refractivity contribution in [2.75, 3.05) is 19.8 Å². The maximum atomic E-state index is 12.4. The Hall–Kier alpha value is -4.05. The molecule has 7 nitrogen and oxygen atoms in total. The second-order valence-corrected chi connectivity index (χ2v) is 6.25. The molecule has 2 aromatic carbocycles. The number of nitrogens with zero attached hydrogens (tertiary/aromatic N) is 1. The Labute approximate surface area is 187 Å². The molecule has 2 aromatic rings. The van der Waals surface area contributed by atoms with E-state index in [0.717, 1.165) is 5.56 Å². The second-order valence-electron chi connectivity index (χ2n) is 6.25. The predicted molar refractivity (Wildman–Crippen MR) is 120 cm³/mol. The van der Waals surface area contributed by atoms with Crippen LogP contribution in [0.5, 0.6) is 17.2 Å². The number of esters is 2. The molecule has 0 radical (unpaired) electrons. The van der Waals surface area contributed by atoms with E-state index in [0.29, 0.717) is 30.3 Å². The maximum Gasteiger partial charge on any atom is 0.348 e. The third kappa shape index (κ3) is 7.03. The molecule has 0 aromatic heterocycles. The van der Waals surface area contributed by atoms with E-state index in [9.17, 15) is 14.9 Å². The highest BCUT2D eigenvalue weighted by molar-refractivity contribution is 5.98. The highest BCUT2D eigenvalue weighted by Crippen LogP contribution is 2.30. The van der Waals surface area contributed by atoms with Gasteiger partial charge in [-0.3, -0.25) is 0 Å². The quantitative estimate of drug-likeness (QED) is 0.233. The molecule has 0 aliphatic rings. The molecule has 0 aliphatic heterocycles. The van der Waals surface area contributed by atoms with Crippen LogP contribution >= 0.6 is 0 Å². The summed E-state index contributed by atoms with van der Waals surface area (Å²) in [5.41, 5.74) is 1.13. The van der Waals surface area contributed by atoms with Crippen molar-refractivity contribution in [3.63, 3.8) is 0 Å². The monoisotopic (exact) mass is 435 g/mol. The summed E-state index contributed by atoms with van der Waals surface area (Å²) in [6, 6.07) is 13.9. The van der Waals surface area contributed by atoms with E-state index in [2.05, 4.69) is 0 Å². The van der Waals surface area contributed by atoms with E-state index in [-0.39, 0.29) is 17.9 Å². The molecule has 0 N–H and O–H groups in total. The summed E-state index contributed by atoms with van der Waals surface area (Å²) < 4.78 is 21.4. The van der Waals surface area contributed by atoms with Crippen molar-refractivity contribution in [3.05, 3.63) is 65.2 Å². The zero-order chi connectivity index (χ0) is 23.3. The van der Waals surface area contributed by atoms with E-state index in [4.69, 9.17) is 18.9 Å². The minimum Gasteiger partial charge on any atom is -0.493 e. The zero-order valence-corrected chi connectivity index (χ0v) is 18.3. The van der Waals surface area contributed by atoms with Crippen molar-refractivity contribution in [3.8, 4) is 23.3 Å². The topological polar surface area (TPSA) is 94.9 Å². The first-order valence-corrected chi connectivity index (χ1v) is 10.2. The minimum absolute atomic E-state index is 0.144. The zero-order valence-electron chi connectivity index (χ0n) is 18.3. The predicted octanol–water partition coefficient (Wildman–Crippen LogP) is 4.57. The molecular weight excluding hydrogens is 410 g/mol. The van der Waals surface area contributed by atoms with Crippen LogP contribution in [0, 0.1) is 11.3 Å². The molecule has 0 amide bonds. The van der Waals surface area contributed by atoms with Crippen molar-refractivity contribution in [2.24, 2.45) is 0 Å². The highest BCUT2D eigenvalue weighted by Gasteiger charge is 2.13. The Balaban J connectivity index is 2.22. The number of nitriles is 1. The van der Waals surface area contributed by atoms with Gasteiger partial charge in [0.15, 0.2) is 11.5 Å². The lowest BCUT2D eigenvalue weighted by atomic mass is 10.1. The molecule has 0 unspecified atom stereocenters. The number of rotatable bonds is 10. The van der Waals surface area contributed by atoms with Crippen molar-refractivity contribution in [1.29, 1.82) is 5.26 Å². The van der Waals surface area contributed by atoms with E-state index >= 15 is 0 Å². The fraction of sp³-hybridized carbons (Fsp3) is 0.240. The van der Waals surface area contributed by atoms with Gasteiger partial charge in [0.1, 0.15) is 17.4 Å². The lowest BCUT2D eigenvalue weighted by Gasteiger charge is -2.11. The lowest BCUT2D eigenvalue weighted by Crippen LogP contribution is -2.07. The first kappa shape index (κ1) is 24.2. The first-order chi connectivity index (χ1) is 15.5. The normalized spacial score (nSPS) is 11.0. The number of ether oxygens (including phenoxy) is 4. The van der Waals surface area contributed by atoms with Crippen molar-refractivity contribution >= 4 is 24.1 Å². The average molecular weight is 435 g/mol. The molecule has 0 aliphatic carbocycles. The molecule has 0 saturated heterocycles. The molecule has 0 fully saturated rings. The Morgan fingerprint density at radius 3 is 2.34 bits per heavy atom. The van der Waals surface area contributed by atoms with Crippen LogP contribution in [0.25, 0.3) is 12.2 Å². The van der Waals surface area contributed by atoms with Crippen LogP contribution < -0.4 is 14.2 Å². The van der Waals surface area contributed by atoms with E-state index < -0.39 is 11.9 Å². The van der Waals surface area contributed by atoms with Gasteiger partial charge in [-0.2, -0.15) is 5.26 Å². The molecule has 32 heavy (non-hydrogen) atoms. The number of hydrogen-bond donors (Lipinski definition) is 0. The van der Waals surface area contributed by atoms with Crippen LogP contribution in [0.4, 0.5) is 0 Å². The average Bonchev–Trinajstić information content (AvgIpc) is 2.79. The number of para-hydroxylation sites is 1. The molecule has 166 valence electrons. The number of carbonyl (C=O) groups excluding carboxylic acids is 2. The summed E-state index contributed by atoms with van der Waals surface area (Å²) in [6.45, 7) is 6.34. The maximum absolute atomic E-state index is 12.4. The highest BCUT2D eigenvalue weighted by atomic mass is 16.6. The van der Waals surface area contributed by atoms with E-state index in [1.807, 2.05) is 37.3 Å². The van der Waals surface area contributed by atoms with Crippen molar-refractivity contribution in [2.45, 2.75) is 20.8 Å². The van der Waals surface area contributed by atoms with Gasteiger partial charge in [-0.25, -0.2) is 9.59 Å². The Morgan fingerprint density at radius 2 is 1.66 bits per heavy atom. The molecular formula is C25H25NO6. The third-order valence-corrected chi connectivity index (χ3v) is 4.02. The van der Waals surface area contributed by atoms with Gasteiger partial charge in [-0.1, -0.05) is 24.3 Å². The van der Waals surface area contributed by atoms with Crippen LogP contribution in [-0.4, -0.2) is 31.8 Å². The molecule has 2 rings (SSSR count). The van der Waals surface area contributed by atoms with Crippen LogP contribution in [-0.2, 0) is 14.3 Å². The number of carbonyl (C=O) groups is 2. The Kier molecular flexibility index (Phi) is 9.54. The van der Waals surface area contributed by atoms with Crippen LogP contribution in [0.15, 0.2) is 54.1 Å². The molecule has 0 atom stereocenters. The molecule has 0 saturated carbocycles. The van der Waals surface area contributed by atoms with E-state index in [1.165, 1.54) is 18.2 Å². The largest absolute Gasteiger partial charge is 0.493 e. The lowest BCUT2D eigenvalue weighted by molar-refractivity contribution is -0.138. The number of benzene rings is 2. The summed E-state index contributed by atoms with van der Waals surface area (Å²) in [7, 11) is 0. The van der Waals surface area contributed by atoms with Crippen LogP contribution in [0.1, 0.15) is 31.9 Å². The first-order valence-electron chi connectivity index (χ1n) is 10.2. The summed E-state index contributed by atoms with van der Waals surface area (Å²) in [5, 5.41) is 9.20. The molecule has 0 heterocycles. The second kappa shape index (κ2) is 12.6. The van der Waals surface area contributed by atoms with Gasteiger partial charge in [0.25, 0.3) is 0 Å². The minimum atomic E-state index is -0.707. The van der Waals surface area contributed by atoms with Crippen LogP contribution in [0.3, 0.4) is 0 Å². The Morgan fingerprint density at radius 1 is 0.938 bits per heavy atom. The molecule has 7 heteroatoms. The SMILES string of the molecule is CCOC(=O)/C(C#N)=C/c1ccc(OC(=O)/C=C/c2ccccc2OCC)c(OCC)c1. The Bertz CT molecular complexity index is 1050. The van der Waals surface area contributed by atoms with Gasteiger partial charge in [-0.05, 0) is 56.7 Å². The third-order valence-electron chi connectivity index (χ3n) is 4.02. The summed E-state index contributed by atoms with van der Waals surface area (Å²) in [4.78, 5) is 24.2. The van der Waals surface area contributed by atoms with Crippen molar-refractivity contribution < 1.29 is 28.5 Å². The summed E-state index contributed by atoms with van der Waals surface area (Å²) in [5.74, 6) is -0.115. The standard InChI is InChI=1S/C25H25NO6/c1-4-29-21-10-8-7-9-19(21)12-14-24(27)32-22-13-11-18(16-23(22)30-5-2)15-20(17-26)25(28)31-6-3/h7-16H,4-6H2,1-3H3/b14-12+,20-15+. The molecule has 0 bridgehead atoms. The van der Waals surface area contributed by atoms with Gasteiger partial charge in [0, 0.05) is 11.6 Å². The van der Waals surface area contributed by atoms with Gasteiger partial charge in [-0.15, -0.1) is 0 Å². The van der Waals surface area contributed by atoms with Gasteiger partial charge in [0.2, 0.25) is 0 Å². The van der Waals surface area contributed by atoms with Gasteiger partial charge >= 0.3 is 11.9 Å². The van der Waals surface area contributed by atoms with Crippen LogP contribution in [0.2, 0.25) is 0 Å². The summed E-state index contributed by atoms with van der Waals surface area (Å²) >= 11 is 0. The molecule has 0 spiro atoms. The smallest absolute Gasteiger partial charge is 0.348 e. The van der Waals surface area contributed by atoms with E-state index in [1.54, 1.807) is 32.1 Å². The van der Waals surface area contributed by atoms with Gasteiger partial charge < -0.3 is 18.9 Å². The fourth-order valence-electron chi connectivity index (χ4n) is 2.68. The summed E-state index contributed by atoms with van der Waals surface area (Å²) in [6.07, 6.45) is 4.30. The number of hydrogen-bond acceptors (Lipinski definition) is 7.